The molecule has 0 aliphatic rings. The van der Waals surface area contributed by atoms with E-state index in [0.29, 0.717) is 17.2 Å². The van der Waals surface area contributed by atoms with Gasteiger partial charge in [-0.2, -0.15) is 11.8 Å². The lowest BCUT2D eigenvalue weighted by Gasteiger charge is -2.12. The quantitative estimate of drug-likeness (QED) is 0.533. The fraction of sp³-hybridized carbons (Fsp3) is 0.222. The van der Waals surface area contributed by atoms with Crippen molar-refractivity contribution in [2.75, 3.05) is 13.4 Å². The number of carbonyl (C=O) groups excluding carboxylic acids is 1. The van der Waals surface area contributed by atoms with E-state index in [9.17, 15) is 4.79 Å². The highest BCUT2D eigenvalue weighted by molar-refractivity contribution is 7.97. The maximum atomic E-state index is 12.2. The molecule has 2 aromatic rings. The van der Waals surface area contributed by atoms with Crippen LogP contribution in [-0.2, 0) is 12.3 Å². The molecule has 0 saturated heterocycles. The molecule has 7 heteroatoms. The van der Waals surface area contributed by atoms with Crippen molar-refractivity contribution in [2.24, 2.45) is 0 Å². The van der Waals surface area contributed by atoms with Gasteiger partial charge in [-0.1, -0.05) is 24.3 Å². The van der Waals surface area contributed by atoms with E-state index < -0.39 is 0 Å². The molecule has 0 spiro atoms. The van der Waals surface area contributed by atoms with Gasteiger partial charge in [0.2, 0.25) is 0 Å². The van der Waals surface area contributed by atoms with Gasteiger partial charge in [-0.05, 0) is 53.9 Å². The van der Waals surface area contributed by atoms with Crippen molar-refractivity contribution in [1.82, 2.24) is 16.2 Å². The third-order valence-corrected chi connectivity index (χ3v) is 4.27. The minimum atomic E-state index is -0.225. The Labute approximate surface area is 157 Å². The summed E-state index contributed by atoms with van der Waals surface area (Å²) in [6.45, 7) is 0.551. The van der Waals surface area contributed by atoms with Crippen molar-refractivity contribution < 1.29 is 9.53 Å². The molecule has 0 saturated carbocycles. The Bertz CT molecular complexity index is 721. The Morgan fingerprint density at radius 2 is 1.88 bits per heavy atom. The summed E-state index contributed by atoms with van der Waals surface area (Å²) in [4.78, 5) is 12.2. The number of hydrogen-bond acceptors (Lipinski definition) is 4. The largest absolute Gasteiger partial charge is 0.497 e. The molecule has 1 amide bonds. The van der Waals surface area contributed by atoms with Gasteiger partial charge in [0, 0.05) is 17.9 Å². The van der Waals surface area contributed by atoms with Crippen molar-refractivity contribution in [1.29, 1.82) is 0 Å². The number of hydrogen-bond donors (Lipinski definition) is 3. The molecule has 5 nitrogen and oxygen atoms in total. The van der Waals surface area contributed by atoms with Crippen LogP contribution in [0.2, 0.25) is 0 Å². The van der Waals surface area contributed by atoms with Crippen molar-refractivity contribution in [2.45, 2.75) is 12.3 Å². The van der Waals surface area contributed by atoms with E-state index in [1.807, 2.05) is 48.7 Å². The van der Waals surface area contributed by atoms with E-state index in [2.05, 4.69) is 16.2 Å². The van der Waals surface area contributed by atoms with Gasteiger partial charge >= 0.3 is 0 Å². The zero-order valence-electron chi connectivity index (χ0n) is 14.2. The van der Waals surface area contributed by atoms with Crippen LogP contribution in [0.5, 0.6) is 5.75 Å². The fourth-order valence-corrected chi connectivity index (χ4v) is 2.76. The molecule has 0 radical (unpaired) electrons. The number of rotatable bonds is 6. The fourth-order valence-electron chi connectivity index (χ4n) is 2.12. The molecule has 0 aromatic heterocycles. The summed E-state index contributed by atoms with van der Waals surface area (Å²) in [5.74, 6) is 1.45. The molecule has 2 rings (SSSR count). The van der Waals surface area contributed by atoms with Gasteiger partial charge < -0.3 is 10.1 Å². The first-order valence-electron chi connectivity index (χ1n) is 7.67. The average molecular weight is 376 g/mol. The van der Waals surface area contributed by atoms with E-state index in [1.165, 1.54) is 0 Å². The molecular weight excluding hydrogens is 354 g/mol. The standard InChI is InChI=1S/C18H21N3O2S2/c1-23-16-8-6-13(7-9-16)11-19-18(24)21-20-17(22)15-5-3-4-14(10-15)12-25-2/h3-10H,11-12H2,1-2H3,(H,20,22)(H2,19,21,24). The van der Waals surface area contributed by atoms with Gasteiger partial charge in [-0.15, -0.1) is 0 Å². The Hall–Kier alpha value is -2.25. The number of nitrogens with one attached hydrogen (secondary N) is 3. The Kier molecular flexibility index (Phi) is 7.56. The molecule has 0 atom stereocenters. The SMILES string of the molecule is COc1ccc(CNC(=S)NNC(=O)c2cccc(CSC)c2)cc1. The molecular formula is C18H21N3O2S2. The van der Waals surface area contributed by atoms with Crippen molar-refractivity contribution >= 4 is 35.0 Å². The van der Waals surface area contributed by atoms with Crippen LogP contribution in [0, 0.1) is 0 Å². The van der Waals surface area contributed by atoms with Crippen molar-refractivity contribution in [3.05, 3.63) is 65.2 Å². The lowest BCUT2D eigenvalue weighted by Crippen LogP contribution is -2.46. The summed E-state index contributed by atoms with van der Waals surface area (Å²) in [5.41, 5.74) is 8.08. The monoisotopic (exact) mass is 375 g/mol. The first kappa shape index (κ1) is 19.1. The normalized spacial score (nSPS) is 10.0. The Morgan fingerprint density at radius 3 is 2.56 bits per heavy atom. The van der Waals surface area contributed by atoms with Gasteiger partial charge in [0.05, 0.1) is 7.11 Å². The topological polar surface area (TPSA) is 62.4 Å². The van der Waals surface area contributed by atoms with Crippen LogP contribution in [0.25, 0.3) is 0 Å². The third kappa shape index (κ3) is 6.28. The summed E-state index contributed by atoms with van der Waals surface area (Å²) >= 11 is 6.89. The minimum absolute atomic E-state index is 0.225. The number of amides is 1. The van der Waals surface area contributed by atoms with Crippen LogP contribution in [-0.4, -0.2) is 24.4 Å². The third-order valence-electron chi connectivity index (χ3n) is 3.40. The summed E-state index contributed by atoms with van der Waals surface area (Å²) in [6, 6.07) is 15.2. The molecule has 0 heterocycles. The summed E-state index contributed by atoms with van der Waals surface area (Å²) in [6.07, 6.45) is 2.03. The van der Waals surface area contributed by atoms with Crippen molar-refractivity contribution in [3.63, 3.8) is 0 Å². The molecule has 132 valence electrons. The molecule has 0 bridgehead atoms. The van der Waals surface area contributed by atoms with Gasteiger partial charge in [-0.3, -0.25) is 15.6 Å². The van der Waals surface area contributed by atoms with Crippen LogP contribution < -0.4 is 20.9 Å². The number of hydrazine groups is 1. The van der Waals surface area contributed by atoms with Crippen LogP contribution in [0.15, 0.2) is 48.5 Å². The lowest BCUT2D eigenvalue weighted by molar-refractivity contribution is 0.0943. The van der Waals surface area contributed by atoms with Gasteiger partial charge in [0.25, 0.3) is 5.91 Å². The summed E-state index contributed by atoms with van der Waals surface area (Å²) < 4.78 is 5.12. The Morgan fingerprint density at radius 1 is 1.12 bits per heavy atom. The molecule has 2 aromatic carbocycles. The second-order valence-corrected chi connectivity index (χ2v) is 6.52. The number of thioether (sulfide) groups is 1. The highest BCUT2D eigenvalue weighted by Gasteiger charge is 2.06. The first-order chi connectivity index (χ1) is 12.1. The lowest BCUT2D eigenvalue weighted by atomic mass is 10.1. The van der Waals surface area contributed by atoms with Crippen LogP contribution in [0.4, 0.5) is 0 Å². The molecule has 3 N–H and O–H groups in total. The van der Waals surface area contributed by atoms with Gasteiger partial charge in [0.15, 0.2) is 5.11 Å². The minimum Gasteiger partial charge on any atom is -0.497 e. The zero-order valence-corrected chi connectivity index (χ0v) is 15.8. The second-order valence-electron chi connectivity index (χ2n) is 5.24. The van der Waals surface area contributed by atoms with E-state index in [-0.39, 0.29) is 5.91 Å². The summed E-state index contributed by atoms with van der Waals surface area (Å²) in [7, 11) is 1.63. The smallest absolute Gasteiger partial charge is 0.269 e. The Balaban J connectivity index is 1.78. The predicted molar refractivity (Wildman–Crippen MR) is 107 cm³/mol. The van der Waals surface area contributed by atoms with E-state index in [0.717, 1.165) is 22.6 Å². The van der Waals surface area contributed by atoms with Gasteiger partial charge in [0.1, 0.15) is 5.75 Å². The zero-order chi connectivity index (χ0) is 18.1. The molecule has 0 unspecified atom stereocenters. The van der Waals surface area contributed by atoms with Crippen LogP contribution >= 0.6 is 24.0 Å². The van der Waals surface area contributed by atoms with Crippen LogP contribution in [0.1, 0.15) is 21.5 Å². The molecule has 0 fully saturated rings. The number of carbonyl (C=O) groups is 1. The van der Waals surface area contributed by atoms with E-state index >= 15 is 0 Å². The average Bonchev–Trinajstić information content (AvgIpc) is 2.65. The summed E-state index contributed by atoms with van der Waals surface area (Å²) in [5, 5.41) is 3.39. The first-order valence-corrected chi connectivity index (χ1v) is 9.47. The van der Waals surface area contributed by atoms with E-state index in [4.69, 9.17) is 17.0 Å². The second kappa shape index (κ2) is 9.90. The molecule has 0 aliphatic heterocycles. The number of ether oxygens (including phenoxy) is 1. The number of methoxy groups -OCH3 is 1. The van der Waals surface area contributed by atoms with E-state index in [1.54, 1.807) is 24.9 Å². The number of thiocarbonyl (C=S) groups is 1. The van der Waals surface area contributed by atoms with Crippen LogP contribution in [0.3, 0.4) is 0 Å². The van der Waals surface area contributed by atoms with Gasteiger partial charge in [-0.25, -0.2) is 0 Å². The molecule has 25 heavy (non-hydrogen) atoms. The highest BCUT2D eigenvalue weighted by atomic mass is 32.2. The molecule has 0 aliphatic carbocycles. The van der Waals surface area contributed by atoms with Crippen molar-refractivity contribution in [3.8, 4) is 5.75 Å². The highest BCUT2D eigenvalue weighted by Crippen LogP contribution is 2.12. The maximum Gasteiger partial charge on any atom is 0.269 e. The number of benzene rings is 2. The predicted octanol–water partition coefficient (Wildman–Crippen LogP) is 2.87. The maximum absolute atomic E-state index is 12.2.